The lowest BCUT2D eigenvalue weighted by atomic mass is 9.85. The summed E-state index contributed by atoms with van der Waals surface area (Å²) in [5.74, 6) is -0.689. The van der Waals surface area contributed by atoms with Gasteiger partial charge in [0.1, 0.15) is 0 Å². The number of carbonyl (C=O) groups is 2. The van der Waals surface area contributed by atoms with Crippen molar-refractivity contribution in [2.24, 2.45) is 0 Å². The molecule has 27 heavy (non-hydrogen) atoms. The van der Waals surface area contributed by atoms with Crippen LogP contribution in [0, 0.1) is 13.8 Å². The number of hydrogen-bond acceptors (Lipinski definition) is 3. The van der Waals surface area contributed by atoms with E-state index in [1.54, 1.807) is 19.9 Å². The molecule has 3 heterocycles. The zero-order valence-corrected chi connectivity index (χ0v) is 15.5. The molecule has 1 aromatic heterocycles. The Bertz CT molecular complexity index is 965. The molecule has 0 spiro atoms. The molecule has 6 heteroatoms. The van der Waals surface area contributed by atoms with E-state index in [2.05, 4.69) is 21.7 Å². The molecular formula is C21H23N3O3. The smallest absolute Gasteiger partial charge is 0.337 e. The first kappa shape index (κ1) is 17.5. The van der Waals surface area contributed by atoms with Gasteiger partial charge in [-0.1, -0.05) is 12.1 Å². The van der Waals surface area contributed by atoms with Crippen molar-refractivity contribution in [3.8, 4) is 0 Å². The van der Waals surface area contributed by atoms with Crippen molar-refractivity contribution in [1.82, 2.24) is 10.3 Å². The number of nitrogens with one attached hydrogen (secondary N) is 3. The van der Waals surface area contributed by atoms with E-state index < -0.39 is 5.97 Å². The number of aromatic amines is 1. The predicted octanol–water partition coefficient (Wildman–Crippen LogP) is 3.29. The fraction of sp³-hybridized carbons (Fsp3) is 0.333. The Morgan fingerprint density at radius 3 is 2.63 bits per heavy atom. The predicted molar refractivity (Wildman–Crippen MR) is 105 cm³/mol. The summed E-state index contributed by atoms with van der Waals surface area (Å²) < 4.78 is 0. The number of fused-ring (bicyclic) bond motifs is 1. The average Bonchev–Trinajstić information content (AvgIpc) is 3.11. The summed E-state index contributed by atoms with van der Waals surface area (Å²) in [7, 11) is 0. The standard InChI is InChI=1S/C21H23N3O3/c1-11-17(23-12(2)18(11)21(26)27)10-15-19-14(13-6-8-22-9-7-13)4-3-5-16(19)24-20(15)25/h3-5,10,13,22-23H,6-9H2,1-2H3,(H,24,25)(H,26,27). The number of aromatic carboxylic acids is 1. The molecule has 6 nitrogen and oxygen atoms in total. The van der Waals surface area contributed by atoms with Crippen LogP contribution in [0.3, 0.4) is 0 Å². The van der Waals surface area contributed by atoms with Crippen molar-refractivity contribution in [2.45, 2.75) is 32.6 Å². The van der Waals surface area contributed by atoms with Crippen LogP contribution in [0.25, 0.3) is 11.6 Å². The van der Waals surface area contributed by atoms with Gasteiger partial charge in [-0.2, -0.15) is 0 Å². The molecule has 0 bridgehead atoms. The highest BCUT2D eigenvalue weighted by Crippen LogP contribution is 2.41. The molecule has 0 unspecified atom stereocenters. The molecule has 4 N–H and O–H groups in total. The number of carbonyl (C=O) groups excluding carboxylic acids is 1. The van der Waals surface area contributed by atoms with E-state index >= 15 is 0 Å². The maximum atomic E-state index is 12.7. The zero-order chi connectivity index (χ0) is 19.1. The number of carboxylic acids is 1. The first-order valence-electron chi connectivity index (χ1n) is 9.27. The first-order chi connectivity index (χ1) is 13.0. The van der Waals surface area contributed by atoms with Crippen LogP contribution in [0.4, 0.5) is 5.69 Å². The highest BCUT2D eigenvalue weighted by Gasteiger charge is 2.30. The van der Waals surface area contributed by atoms with Crippen LogP contribution >= 0.6 is 0 Å². The third kappa shape index (κ3) is 2.96. The summed E-state index contributed by atoms with van der Waals surface area (Å²) in [6, 6.07) is 6.03. The van der Waals surface area contributed by atoms with Gasteiger partial charge < -0.3 is 20.7 Å². The molecule has 4 rings (SSSR count). The van der Waals surface area contributed by atoms with E-state index in [1.165, 1.54) is 5.56 Å². The van der Waals surface area contributed by atoms with E-state index in [9.17, 15) is 14.7 Å². The normalized spacial score (nSPS) is 18.6. The Kier molecular flexibility index (Phi) is 4.36. The highest BCUT2D eigenvalue weighted by atomic mass is 16.4. The van der Waals surface area contributed by atoms with Crippen LogP contribution in [0.5, 0.6) is 0 Å². The Morgan fingerprint density at radius 1 is 1.22 bits per heavy atom. The molecule has 0 radical (unpaired) electrons. The van der Waals surface area contributed by atoms with Gasteiger partial charge in [-0.05, 0) is 69.0 Å². The van der Waals surface area contributed by atoms with Gasteiger partial charge in [-0.15, -0.1) is 0 Å². The van der Waals surface area contributed by atoms with Gasteiger partial charge in [-0.3, -0.25) is 4.79 Å². The lowest BCUT2D eigenvalue weighted by molar-refractivity contribution is -0.110. The number of anilines is 1. The number of aromatic nitrogens is 1. The molecule has 1 amide bonds. The number of H-pyrrole nitrogens is 1. The van der Waals surface area contributed by atoms with Crippen LogP contribution in [-0.4, -0.2) is 35.1 Å². The van der Waals surface area contributed by atoms with Crippen molar-refractivity contribution < 1.29 is 14.7 Å². The van der Waals surface area contributed by atoms with Crippen LogP contribution in [0.15, 0.2) is 18.2 Å². The maximum Gasteiger partial charge on any atom is 0.337 e. The third-order valence-electron chi connectivity index (χ3n) is 5.62. The first-order valence-corrected chi connectivity index (χ1v) is 9.27. The number of hydrogen-bond donors (Lipinski definition) is 4. The molecule has 2 aromatic rings. The van der Waals surface area contributed by atoms with E-state index in [1.807, 2.05) is 12.1 Å². The molecule has 2 aliphatic heterocycles. The Morgan fingerprint density at radius 2 is 1.96 bits per heavy atom. The fourth-order valence-corrected chi connectivity index (χ4v) is 4.27. The second-order valence-electron chi connectivity index (χ2n) is 7.28. The number of carboxylic acid groups (broad SMARTS) is 1. The van der Waals surface area contributed by atoms with Gasteiger partial charge in [0.05, 0.1) is 11.1 Å². The summed E-state index contributed by atoms with van der Waals surface area (Å²) >= 11 is 0. The minimum absolute atomic E-state index is 0.144. The Balaban J connectivity index is 1.83. The number of aryl methyl sites for hydroxylation is 1. The topological polar surface area (TPSA) is 94.2 Å². The van der Waals surface area contributed by atoms with Crippen molar-refractivity contribution in [3.63, 3.8) is 0 Å². The monoisotopic (exact) mass is 365 g/mol. The summed E-state index contributed by atoms with van der Waals surface area (Å²) in [5, 5.41) is 15.8. The second kappa shape index (κ2) is 6.70. The number of amides is 1. The van der Waals surface area contributed by atoms with Gasteiger partial charge in [0.25, 0.3) is 5.91 Å². The lowest BCUT2D eigenvalue weighted by Gasteiger charge is -2.25. The number of benzene rings is 1. The zero-order valence-electron chi connectivity index (χ0n) is 15.5. The van der Waals surface area contributed by atoms with Crippen molar-refractivity contribution in [3.05, 3.63) is 51.8 Å². The molecule has 0 aliphatic carbocycles. The van der Waals surface area contributed by atoms with Gasteiger partial charge in [0.15, 0.2) is 0 Å². The van der Waals surface area contributed by atoms with Crippen molar-refractivity contribution in [1.29, 1.82) is 0 Å². The summed E-state index contributed by atoms with van der Waals surface area (Å²) in [6.45, 7) is 5.46. The van der Waals surface area contributed by atoms with Crippen molar-refractivity contribution in [2.75, 3.05) is 18.4 Å². The lowest BCUT2D eigenvalue weighted by Crippen LogP contribution is -2.27. The molecule has 1 saturated heterocycles. The molecule has 2 aliphatic rings. The summed E-state index contributed by atoms with van der Waals surface area (Å²) in [5.41, 5.74) is 5.76. The van der Waals surface area contributed by atoms with Crippen LogP contribution in [0.1, 0.15) is 57.2 Å². The van der Waals surface area contributed by atoms with Crippen molar-refractivity contribution >= 4 is 29.2 Å². The van der Waals surface area contributed by atoms with Crippen LogP contribution in [-0.2, 0) is 4.79 Å². The van der Waals surface area contributed by atoms with E-state index in [-0.39, 0.29) is 11.5 Å². The molecule has 0 atom stereocenters. The minimum Gasteiger partial charge on any atom is -0.478 e. The number of piperidine rings is 1. The largest absolute Gasteiger partial charge is 0.478 e. The molecule has 0 saturated carbocycles. The highest BCUT2D eigenvalue weighted by molar-refractivity contribution is 6.35. The SMILES string of the molecule is Cc1[nH]c(C=C2C(=O)Nc3cccc(C4CCNCC4)c32)c(C)c1C(=O)O. The minimum atomic E-state index is -0.961. The number of rotatable bonds is 3. The summed E-state index contributed by atoms with van der Waals surface area (Å²) in [6.07, 6.45) is 3.88. The molecule has 140 valence electrons. The van der Waals surface area contributed by atoms with Gasteiger partial charge in [-0.25, -0.2) is 4.79 Å². The van der Waals surface area contributed by atoms with E-state index in [0.29, 0.717) is 28.4 Å². The van der Waals surface area contributed by atoms with Crippen LogP contribution < -0.4 is 10.6 Å². The molecule has 1 fully saturated rings. The third-order valence-corrected chi connectivity index (χ3v) is 5.62. The fourth-order valence-electron chi connectivity index (χ4n) is 4.27. The van der Waals surface area contributed by atoms with Gasteiger partial charge in [0.2, 0.25) is 0 Å². The molecule has 1 aromatic carbocycles. The second-order valence-corrected chi connectivity index (χ2v) is 7.28. The van der Waals surface area contributed by atoms with Gasteiger partial charge in [0, 0.05) is 22.6 Å². The quantitative estimate of drug-likeness (QED) is 0.628. The Hall–Kier alpha value is -2.86. The average molecular weight is 365 g/mol. The Labute approximate surface area is 157 Å². The van der Waals surface area contributed by atoms with E-state index in [0.717, 1.165) is 37.2 Å². The van der Waals surface area contributed by atoms with Gasteiger partial charge >= 0.3 is 5.97 Å². The summed E-state index contributed by atoms with van der Waals surface area (Å²) in [4.78, 5) is 27.3. The van der Waals surface area contributed by atoms with Crippen LogP contribution in [0.2, 0.25) is 0 Å². The van der Waals surface area contributed by atoms with E-state index in [4.69, 9.17) is 0 Å². The molecular weight excluding hydrogens is 342 g/mol. The maximum absolute atomic E-state index is 12.7.